The summed E-state index contributed by atoms with van der Waals surface area (Å²) in [6, 6.07) is 12.8. The number of carbonyl (C=O) groups excluding carboxylic acids is 2. The van der Waals surface area contributed by atoms with E-state index >= 15 is 0 Å². The minimum Gasteiger partial charge on any atom is -0.469 e. The lowest BCUT2D eigenvalue weighted by molar-refractivity contribution is -0.386. The topological polar surface area (TPSA) is 89.8 Å². The Morgan fingerprint density at radius 1 is 1.15 bits per heavy atom. The number of nitro benzene ring substituents is 1. The third-order valence-electron chi connectivity index (χ3n) is 4.30. The third-order valence-corrected chi connectivity index (χ3v) is 4.30. The van der Waals surface area contributed by atoms with Crippen molar-refractivity contribution in [3.63, 3.8) is 0 Å². The minimum atomic E-state index is -0.977. The molecule has 0 saturated carbocycles. The van der Waals surface area contributed by atoms with E-state index in [0.29, 0.717) is 24.9 Å². The molecule has 1 fully saturated rings. The Balaban J connectivity index is 1.97. The van der Waals surface area contributed by atoms with Crippen molar-refractivity contribution >= 4 is 17.9 Å². The minimum absolute atomic E-state index is 0.0398. The van der Waals surface area contributed by atoms with Gasteiger partial charge in [-0.3, -0.25) is 19.7 Å². The molecule has 1 saturated heterocycles. The maximum absolute atomic E-state index is 12.9. The van der Waals surface area contributed by atoms with Gasteiger partial charge in [0.15, 0.2) is 5.75 Å². The molecule has 7 heteroatoms. The lowest BCUT2D eigenvalue weighted by Crippen LogP contribution is -2.35. The highest BCUT2D eigenvalue weighted by molar-refractivity contribution is 5.83. The molecule has 1 aliphatic rings. The number of benzene rings is 2. The number of nitro groups is 1. The number of aldehydes is 1. The largest absolute Gasteiger partial charge is 0.469 e. The van der Waals surface area contributed by atoms with E-state index in [-0.39, 0.29) is 22.9 Å². The van der Waals surface area contributed by atoms with Gasteiger partial charge < -0.3 is 9.64 Å². The monoisotopic (exact) mass is 354 g/mol. The molecule has 0 spiro atoms. The zero-order valence-electron chi connectivity index (χ0n) is 14.0. The van der Waals surface area contributed by atoms with Crippen LogP contribution in [0.5, 0.6) is 5.75 Å². The Morgan fingerprint density at radius 3 is 2.46 bits per heavy atom. The van der Waals surface area contributed by atoms with Crippen molar-refractivity contribution in [2.75, 3.05) is 13.1 Å². The lowest BCUT2D eigenvalue weighted by atomic mass is 10.1. The van der Waals surface area contributed by atoms with Crippen molar-refractivity contribution in [2.24, 2.45) is 0 Å². The molecule has 1 heterocycles. The second kappa shape index (κ2) is 7.77. The molecule has 2 aromatic carbocycles. The highest BCUT2D eigenvalue weighted by atomic mass is 16.6. The lowest BCUT2D eigenvalue weighted by Gasteiger charge is -2.24. The standard InChI is InChI=1S/C19H18N2O5/c22-13-14-8-9-17(16(12-14)21(24)25)26-18(15-6-2-1-3-7-15)19(23)20-10-4-5-11-20/h1-3,6-9,12-13,18H,4-5,10-11H2/t18-/m1/s1. The zero-order chi connectivity index (χ0) is 18.5. The van der Waals surface area contributed by atoms with E-state index in [4.69, 9.17) is 4.74 Å². The summed E-state index contributed by atoms with van der Waals surface area (Å²) in [6.45, 7) is 1.30. The first-order valence-electron chi connectivity index (χ1n) is 8.34. The Kier molecular flexibility index (Phi) is 5.26. The molecule has 3 rings (SSSR count). The molecule has 0 bridgehead atoms. The SMILES string of the molecule is O=Cc1ccc(O[C@@H](C(=O)N2CCCC2)c2ccccc2)c([N+](=O)[O-])c1. The van der Waals surface area contributed by atoms with E-state index in [0.717, 1.165) is 18.9 Å². The Labute approximate surface area is 150 Å². The molecule has 26 heavy (non-hydrogen) atoms. The maximum atomic E-state index is 12.9. The highest BCUT2D eigenvalue weighted by Gasteiger charge is 2.31. The first-order valence-corrected chi connectivity index (χ1v) is 8.34. The Morgan fingerprint density at radius 2 is 1.85 bits per heavy atom. The summed E-state index contributed by atoms with van der Waals surface area (Å²) in [7, 11) is 0. The number of ether oxygens (including phenoxy) is 1. The van der Waals surface area contributed by atoms with Crippen LogP contribution >= 0.6 is 0 Å². The first kappa shape index (κ1) is 17.6. The van der Waals surface area contributed by atoms with Crippen LogP contribution in [-0.2, 0) is 4.79 Å². The summed E-state index contributed by atoms with van der Waals surface area (Å²) in [5.41, 5.74) is 0.453. The molecule has 0 unspecified atom stereocenters. The fourth-order valence-corrected chi connectivity index (χ4v) is 2.97. The van der Waals surface area contributed by atoms with Crippen LogP contribution in [0.4, 0.5) is 5.69 Å². The van der Waals surface area contributed by atoms with E-state index in [1.54, 1.807) is 29.2 Å². The second-order valence-electron chi connectivity index (χ2n) is 6.04. The molecule has 134 valence electrons. The molecular weight excluding hydrogens is 336 g/mol. The molecule has 1 amide bonds. The van der Waals surface area contributed by atoms with Gasteiger partial charge >= 0.3 is 5.69 Å². The summed E-state index contributed by atoms with van der Waals surface area (Å²) in [6.07, 6.45) is 1.42. The van der Waals surface area contributed by atoms with Gasteiger partial charge in [-0.25, -0.2) is 0 Å². The quantitative estimate of drug-likeness (QED) is 0.451. The molecule has 0 N–H and O–H groups in total. The van der Waals surface area contributed by atoms with Crippen LogP contribution in [-0.4, -0.2) is 35.1 Å². The molecule has 1 atom stereocenters. The number of rotatable bonds is 6. The van der Waals surface area contributed by atoms with Crippen LogP contribution in [0, 0.1) is 10.1 Å². The van der Waals surface area contributed by atoms with Crippen molar-refractivity contribution < 1.29 is 19.2 Å². The van der Waals surface area contributed by atoms with Gasteiger partial charge in [0.1, 0.15) is 6.29 Å². The molecule has 7 nitrogen and oxygen atoms in total. The van der Waals surface area contributed by atoms with Gasteiger partial charge in [0.25, 0.3) is 5.91 Å². The van der Waals surface area contributed by atoms with Gasteiger partial charge in [-0.2, -0.15) is 0 Å². The Hall–Kier alpha value is -3.22. The van der Waals surface area contributed by atoms with Crippen LogP contribution in [0.15, 0.2) is 48.5 Å². The van der Waals surface area contributed by atoms with Gasteiger partial charge in [-0.1, -0.05) is 30.3 Å². The molecule has 0 aliphatic carbocycles. The smallest absolute Gasteiger partial charge is 0.311 e. The van der Waals surface area contributed by atoms with E-state index in [1.165, 1.54) is 12.1 Å². The fourth-order valence-electron chi connectivity index (χ4n) is 2.97. The van der Waals surface area contributed by atoms with Crippen molar-refractivity contribution in [1.29, 1.82) is 0 Å². The first-order chi connectivity index (χ1) is 12.6. The number of amides is 1. The van der Waals surface area contributed by atoms with Gasteiger partial charge in [0.05, 0.1) is 4.92 Å². The summed E-state index contributed by atoms with van der Waals surface area (Å²) in [4.78, 5) is 36.3. The average Bonchev–Trinajstić information content (AvgIpc) is 3.21. The fraction of sp³-hybridized carbons (Fsp3) is 0.263. The second-order valence-corrected chi connectivity index (χ2v) is 6.04. The number of hydrogen-bond acceptors (Lipinski definition) is 5. The molecule has 0 radical (unpaired) electrons. The van der Waals surface area contributed by atoms with Crippen LogP contribution in [0.3, 0.4) is 0 Å². The van der Waals surface area contributed by atoms with Crippen molar-refractivity contribution in [1.82, 2.24) is 4.90 Å². The number of nitrogens with zero attached hydrogens (tertiary/aromatic N) is 2. The van der Waals surface area contributed by atoms with Gasteiger partial charge in [-0.05, 0) is 25.0 Å². The van der Waals surface area contributed by atoms with E-state index in [1.807, 2.05) is 6.07 Å². The van der Waals surface area contributed by atoms with E-state index in [2.05, 4.69) is 0 Å². The predicted octanol–water partition coefficient (Wildman–Crippen LogP) is 3.15. The van der Waals surface area contributed by atoms with Crippen molar-refractivity contribution in [3.05, 3.63) is 69.8 Å². The van der Waals surface area contributed by atoms with E-state index < -0.39 is 11.0 Å². The maximum Gasteiger partial charge on any atom is 0.311 e. The predicted molar refractivity (Wildman–Crippen MR) is 94.1 cm³/mol. The summed E-state index contributed by atoms with van der Waals surface area (Å²) in [5.74, 6) is -0.260. The molecule has 2 aromatic rings. The highest BCUT2D eigenvalue weighted by Crippen LogP contribution is 2.33. The third kappa shape index (κ3) is 3.72. The van der Waals surface area contributed by atoms with Gasteiger partial charge in [0, 0.05) is 30.3 Å². The summed E-state index contributed by atoms with van der Waals surface area (Å²) in [5, 5.41) is 11.3. The van der Waals surface area contributed by atoms with Crippen molar-refractivity contribution in [3.8, 4) is 5.75 Å². The van der Waals surface area contributed by atoms with Gasteiger partial charge in [0.2, 0.25) is 6.10 Å². The van der Waals surface area contributed by atoms with Crippen LogP contribution in [0.1, 0.15) is 34.9 Å². The van der Waals surface area contributed by atoms with E-state index in [9.17, 15) is 19.7 Å². The Bertz CT molecular complexity index is 816. The van der Waals surface area contributed by atoms with Gasteiger partial charge in [-0.15, -0.1) is 0 Å². The van der Waals surface area contributed by atoms with Crippen LogP contribution < -0.4 is 4.74 Å². The molecule has 1 aliphatic heterocycles. The summed E-state index contributed by atoms with van der Waals surface area (Å²) >= 11 is 0. The number of hydrogen-bond donors (Lipinski definition) is 0. The van der Waals surface area contributed by atoms with Crippen LogP contribution in [0.25, 0.3) is 0 Å². The average molecular weight is 354 g/mol. The normalized spacial score (nSPS) is 14.7. The molecule has 0 aromatic heterocycles. The van der Waals surface area contributed by atoms with Crippen molar-refractivity contribution in [2.45, 2.75) is 18.9 Å². The number of likely N-dealkylation sites (tertiary alicyclic amines) is 1. The number of carbonyl (C=O) groups is 2. The molecular formula is C19H18N2O5. The summed E-state index contributed by atoms with van der Waals surface area (Å²) < 4.78 is 5.82. The zero-order valence-corrected chi connectivity index (χ0v) is 14.0. The van der Waals surface area contributed by atoms with Crippen LogP contribution in [0.2, 0.25) is 0 Å².